The first-order chi connectivity index (χ1) is 22.6. The highest BCUT2D eigenvalue weighted by Crippen LogP contribution is 2.37. The molecule has 3 aliphatic heterocycles. The molecule has 15 heteroatoms. The third-order valence-electron chi connectivity index (χ3n) is 9.03. The minimum absolute atomic E-state index is 0.103. The van der Waals surface area contributed by atoms with E-state index in [4.69, 9.17) is 9.84 Å². The molecule has 3 aliphatic rings. The van der Waals surface area contributed by atoms with Crippen molar-refractivity contribution in [3.05, 3.63) is 52.6 Å². The molecule has 4 N–H and O–H groups in total. The number of carbonyl (C=O) groups is 4. The van der Waals surface area contributed by atoms with E-state index >= 15 is 0 Å². The fraction of sp³-hybridized carbons (Fsp3) is 0.576. The van der Waals surface area contributed by atoms with Gasteiger partial charge in [0.2, 0.25) is 5.91 Å². The van der Waals surface area contributed by atoms with Gasteiger partial charge in [-0.3, -0.25) is 19.6 Å². The minimum atomic E-state index is -1.29. The van der Waals surface area contributed by atoms with Gasteiger partial charge in [0.05, 0.1) is 5.69 Å². The van der Waals surface area contributed by atoms with E-state index in [2.05, 4.69) is 25.8 Å². The molecule has 2 bridgehead atoms. The molecule has 1 aromatic heterocycles. The molecule has 3 fully saturated rings. The highest BCUT2D eigenvalue weighted by atomic mass is 16.6. The molecular formula is C33H46N8O7. The number of piperazine rings is 1. The highest BCUT2D eigenvalue weighted by Gasteiger charge is 2.41. The summed E-state index contributed by atoms with van der Waals surface area (Å²) in [6, 6.07) is 9.75. The van der Waals surface area contributed by atoms with E-state index in [-0.39, 0.29) is 50.0 Å². The van der Waals surface area contributed by atoms with Crippen LogP contribution in [0.4, 0.5) is 20.2 Å². The molecule has 4 heterocycles. The lowest BCUT2D eigenvalue weighted by Crippen LogP contribution is -2.60. The number of hydrogen-bond donors (Lipinski definition) is 4. The van der Waals surface area contributed by atoms with Crippen molar-refractivity contribution >= 4 is 29.9 Å². The number of fused-ring (bicyclic) bond motifs is 2. The Bertz CT molecular complexity index is 1560. The summed E-state index contributed by atoms with van der Waals surface area (Å²) in [5, 5.41) is 16.9. The first-order valence-corrected chi connectivity index (χ1v) is 16.4. The van der Waals surface area contributed by atoms with Gasteiger partial charge in [0.15, 0.2) is 0 Å². The van der Waals surface area contributed by atoms with E-state index in [9.17, 15) is 24.0 Å². The second-order valence-electron chi connectivity index (χ2n) is 14.3. The number of ether oxygens (including phenoxy) is 1. The monoisotopic (exact) mass is 666 g/mol. The van der Waals surface area contributed by atoms with Gasteiger partial charge in [0.1, 0.15) is 17.0 Å². The van der Waals surface area contributed by atoms with Crippen LogP contribution in [-0.2, 0) is 16.1 Å². The van der Waals surface area contributed by atoms with Crippen LogP contribution in [-0.4, -0.2) is 109 Å². The number of piperidine rings is 1. The Balaban J connectivity index is 1.12. The Hall–Kier alpha value is -4.66. The standard InChI is InChI=1S/C33H46N8O7/c1-32(2,3)48-31(47)34-22-18-24-10-11-25(19-22)41(24)20-21-6-8-23(9-7-21)40-13-12-26(36-29(40)44)35-28(43)39-16-14-38(15-17-39)27(42)33(4,5)37-30(45)46/h6-9,12-13,22,24-25,37H,10-11,14-20H2,1-5H3,(H,34,47)(H,45,46)(H,35,36,43,44). The summed E-state index contributed by atoms with van der Waals surface area (Å²) >= 11 is 0. The Morgan fingerprint density at radius 2 is 1.52 bits per heavy atom. The predicted octanol–water partition coefficient (Wildman–Crippen LogP) is 2.97. The van der Waals surface area contributed by atoms with Crippen LogP contribution < -0.4 is 21.6 Å². The van der Waals surface area contributed by atoms with Gasteiger partial charge in [-0.15, -0.1) is 0 Å². The molecule has 15 nitrogen and oxygen atoms in total. The van der Waals surface area contributed by atoms with Crippen molar-refractivity contribution in [2.45, 2.75) is 96.1 Å². The van der Waals surface area contributed by atoms with Crippen LogP contribution in [0.3, 0.4) is 0 Å². The highest BCUT2D eigenvalue weighted by molar-refractivity contribution is 5.90. The summed E-state index contributed by atoms with van der Waals surface area (Å²) in [6.07, 6.45) is 3.88. The van der Waals surface area contributed by atoms with Gasteiger partial charge in [-0.05, 0) is 84.1 Å². The number of nitrogens with one attached hydrogen (secondary N) is 3. The molecule has 0 spiro atoms. The lowest BCUT2D eigenvalue weighted by Gasteiger charge is -2.39. The first kappa shape index (κ1) is 34.7. The summed E-state index contributed by atoms with van der Waals surface area (Å²) in [7, 11) is 0. The van der Waals surface area contributed by atoms with Crippen LogP contribution in [0.5, 0.6) is 0 Å². The number of carboxylic acid groups (broad SMARTS) is 1. The number of rotatable bonds is 7. The Kier molecular flexibility index (Phi) is 9.99. The number of anilines is 1. The second kappa shape index (κ2) is 13.8. The van der Waals surface area contributed by atoms with E-state index in [1.54, 1.807) is 12.3 Å². The maximum absolute atomic E-state index is 12.9. The number of carbonyl (C=O) groups excluding carboxylic acids is 3. The average molecular weight is 667 g/mol. The smallest absolute Gasteiger partial charge is 0.407 e. The van der Waals surface area contributed by atoms with Crippen LogP contribution in [0.2, 0.25) is 0 Å². The topological polar surface area (TPSA) is 178 Å². The zero-order valence-corrected chi connectivity index (χ0v) is 28.2. The number of amides is 5. The first-order valence-electron chi connectivity index (χ1n) is 16.4. The number of urea groups is 1. The third kappa shape index (κ3) is 8.43. The van der Waals surface area contributed by atoms with Crippen molar-refractivity contribution < 1.29 is 29.0 Å². The summed E-state index contributed by atoms with van der Waals surface area (Å²) in [5.74, 6) is -0.257. The van der Waals surface area contributed by atoms with Crippen LogP contribution >= 0.6 is 0 Å². The Morgan fingerprint density at radius 1 is 0.917 bits per heavy atom. The summed E-state index contributed by atoms with van der Waals surface area (Å²) in [4.78, 5) is 71.4. The third-order valence-corrected chi connectivity index (χ3v) is 9.03. The largest absolute Gasteiger partial charge is 0.465 e. The van der Waals surface area contributed by atoms with Crippen molar-refractivity contribution in [1.29, 1.82) is 0 Å². The van der Waals surface area contributed by atoms with E-state index in [1.165, 1.54) is 28.2 Å². The zero-order valence-electron chi connectivity index (χ0n) is 28.2. The average Bonchev–Trinajstić information content (AvgIpc) is 3.22. The molecule has 260 valence electrons. The molecule has 2 unspecified atom stereocenters. The van der Waals surface area contributed by atoms with Gasteiger partial charge in [0, 0.05) is 57.0 Å². The number of benzene rings is 1. The second-order valence-corrected chi connectivity index (χ2v) is 14.3. The molecule has 3 saturated heterocycles. The van der Waals surface area contributed by atoms with Gasteiger partial charge in [-0.25, -0.2) is 19.2 Å². The summed E-state index contributed by atoms with van der Waals surface area (Å²) in [6.45, 7) is 10.3. The van der Waals surface area contributed by atoms with Crippen LogP contribution in [0.25, 0.3) is 5.69 Å². The number of nitrogens with zero attached hydrogens (tertiary/aromatic N) is 5. The molecular weight excluding hydrogens is 620 g/mol. The van der Waals surface area contributed by atoms with E-state index in [1.807, 2.05) is 45.0 Å². The van der Waals surface area contributed by atoms with E-state index in [0.717, 1.165) is 37.8 Å². The maximum atomic E-state index is 12.9. The number of alkyl carbamates (subject to hydrolysis) is 1. The quantitative estimate of drug-likeness (QED) is 0.346. The molecule has 48 heavy (non-hydrogen) atoms. The van der Waals surface area contributed by atoms with Crippen molar-refractivity contribution in [1.82, 2.24) is 34.9 Å². The van der Waals surface area contributed by atoms with Gasteiger partial charge in [-0.1, -0.05) is 12.1 Å². The fourth-order valence-electron chi connectivity index (χ4n) is 6.78. The molecule has 0 aliphatic carbocycles. The fourth-order valence-corrected chi connectivity index (χ4v) is 6.78. The van der Waals surface area contributed by atoms with Crippen LogP contribution in [0, 0.1) is 0 Å². The minimum Gasteiger partial charge on any atom is -0.465 e. The van der Waals surface area contributed by atoms with Gasteiger partial charge < -0.3 is 30.3 Å². The summed E-state index contributed by atoms with van der Waals surface area (Å²) in [5.41, 5.74) is -0.575. The molecule has 0 radical (unpaired) electrons. The molecule has 1 aromatic carbocycles. The van der Waals surface area contributed by atoms with Gasteiger partial charge >= 0.3 is 23.9 Å². The Labute approximate surface area is 279 Å². The molecule has 2 aromatic rings. The van der Waals surface area contributed by atoms with E-state index in [0.29, 0.717) is 17.8 Å². The van der Waals surface area contributed by atoms with Crippen LogP contribution in [0.15, 0.2) is 41.3 Å². The summed E-state index contributed by atoms with van der Waals surface area (Å²) < 4.78 is 6.86. The zero-order chi connectivity index (χ0) is 34.8. The van der Waals surface area contributed by atoms with Crippen LogP contribution in [0.1, 0.15) is 65.9 Å². The van der Waals surface area contributed by atoms with E-state index < -0.39 is 29.0 Å². The predicted molar refractivity (Wildman–Crippen MR) is 177 cm³/mol. The van der Waals surface area contributed by atoms with Gasteiger partial charge in [-0.2, -0.15) is 4.98 Å². The van der Waals surface area contributed by atoms with Gasteiger partial charge in [0.25, 0.3) is 0 Å². The lowest BCUT2D eigenvalue weighted by molar-refractivity contribution is -0.138. The lowest BCUT2D eigenvalue weighted by atomic mass is 9.96. The normalized spacial score (nSPS) is 21.4. The maximum Gasteiger partial charge on any atom is 0.407 e. The molecule has 2 atom stereocenters. The molecule has 5 amide bonds. The SMILES string of the molecule is CC(C)(C)OC(=O)NC1CC2CCC(C1)N2Cc1ccc(-n2ccc(NC(=O)N3CCN(C(=O)C(C)(C)NC(=O)O)CC3)nc2=O)cc1. The Morgan fingerprint density at radius 3 is 2.08 bits per heavy atom. The number of aromatic nitrogens is 2. The number of hydrogen-bond acceptors (Lipinski definition) is 8. The molecule has 5 rings (SSSR count). The van der Waals surface area contributed by atoms with Crippen molar-refractivity contribution in [3.63, 3.8) is 0 Å². The van der Waals surface area contributed by atoms with Crippen molar-refractivity contribution in [2.75, 3.05) is 31.5 Å². The van der Waals surface area contributed by atoms with Crippen molar-refractivity contribution in [3.8, 4) is 5.69 Å². The van der Waals surface area contributed by atoms with Crippen molar-refractivity contribution in [2.24, 2.45) is 0 Å². The molecule has 0 saturated carbocycles.